The summed E-state index contributed by atoms with van der Waals surface area (Å²) in [7, 11) is 3.18. The van der Waals surface area contributed by atoms with E-state index < -0.39 is 0 Å². The molecule has 0 aliphatic heterocycles. The minimum absolute atomic E-state index is 0.0916. The molecule has 1 amide bonds. The van der Waals surface area contributed by atoms with Gasteiger partial charge in [0.05, 0.1) is 14.2 Å². The van der Waals surface area contributed by atoms with Crippen LogP contribution in [0.5, 0.6) is 11.5 Å². The molecule has 4 nitrogen and oxygen atoms in total. The lowest BCUT2D eigenvalue weighted by molar-refractivity contribution is 0.0950. The number of hydrogen-bond donors (Lipinski definition) is 1. The van der Waals surface area contributed by atoms with Gasteiger partial charge in [-0.15, -0.1) is 0 Å². The molecular formula is C18H21NO3. The Hall–Kier alpha value is -2.49. The molecule has 0 heterocycles. The molecule has 0 bridgehead atoms. The van der Waals surface area contributed by atoms with Crippen molar-refractivity contribution in [1.82, 2.24) is 5.32 Å². The molecule has 0 saturated heterocycles. The van der Waals surface area contributed by atoms with Crippen LogP contribution in [0.1, 0.15) is 27.0 Å². The van der Waals surface area contributed by atoms with Crippen LogP contribution in [-0.2, 0) is 6.54 Å². The number of benzene rings is 2. The summed E-state index contributed by atoms with van der Waals surface area (Å²) in [5.41, 5.74) is 3.60. The Bertz CT molecular complexity index is 680. The van der Waals surface area contributed by atoms with Crippen LogP contribution in [-0.4, -0.2) is 20.1 Å². The molecule has 2 aromatic carbocycles. The van der Waals surface area contributed by atoms with Gasteiger partial charge in [0.25, 0.3) is 5.91 Å². The molecule has 0 fully saturated rings. The number of aryl methyl sites for hydroxylation is 2. The van der Waals surface area contributed by atoms with E-state index in [1.54, 1.807) is 14.2 Å². The highest BCUT2D eigenvalue weighted by atomic mass is 16.5. The third kappa shape index (κ3) is 3.39. The smallest absolute Gasteiger partial charge is 0.251 e. The third-order valence-corrected chi connectivity index (χ3v) is 3.56. The van der Waals surface area contributed by atoms with E-state index in [1.807, 2.05) is 50.2 Å². The predicted octanol–water partition coefficient (Wildman–Crippen LogP) is 3.25. The van der Waals surface area contributed by atoms with Gasteiger partial charge in [0, 0.05) is 17.7 Å². The van der Waals surface area contributed by atoms with Crippen LogP contribution in [0.4, 0.5) is 0 Å². The van der Waals surface area contributed by atoms with Crippen molar-refractivity contribution in [1.29, 1.82) is 0 Å². The van der Waals surface area contributed by atoms with Crippen molar-refractivity contribution < 1.29 is 14.3 Å². The molecule has 2 aromatic rings. The van der Waals surface area contributed by atoms with E-state index in [-0.39, 0.29) is 5.91 Å². The first kappa shape index (κ1) is 15.9. The lowest BCUT2D eigenvalue weighted by Crippen LogP contribution is -2.24. The summed E-state index contributed by atoms with van der Waals surface area (Å²) in [4.78, 5) is 12.4. The monoisotopic (exact) mass is 299 g/mol. The number of amides is 1. The fourth-order valence-electron chi connectivity index (χ4n) is 2.34. The van der Waals surface area contributed by atoms with Gasteiger partial charge < -0.3 is 14.8 Å². The van der Waals surface area contributed by atoms with Crippen LogP contribution in [0.25, 0.3) is 0 Å². The quantitative estimate of drug-likeness (QED) is 0.922. The van der Waals surface area contributed by atoms with Crippen molar-refractivity contribution in [2.45, 2.75) is 20.4 Å². The van der Waals surface area contributed by atoms with E-state index in [0.717, 1.165) is 16.7 Å². The third-order valence-electron chi connectivity index (χ3n) is 3.56. The van der Waals surface area contributed by atoms with E-state index in [4.69, 9.17) is 9.47 Å². The second-order valence-corrected chi connectivity index (χ2v) is 5.15. The second kappa shape index (κ2) is 6.98. The topological polar surface area (TPSA) is 47.6 Å². The lowest BCUT2D eigenvalue weighted by Gasteiger charge is -2.14. The minimum Gasteiger partial charge on any atom is -0.493 e. The van der Waals surface area contributed by atoms with E-state index in [1.165, 1.54) is 0 Å². The Morgan fingerprint density at radius 2 is 1.86 bits per heavy atom. The van der Waals surface area contributed by atoms with Gasteiger partial charge in [-0.1, -0.05) is 29.8 Å². The summed E-state index contributed by atoms with van der Waals surface area (Å²) in [5.74, 6) is 1.21. The molecule has 0 unspecified atom stereocenters. The summed E-state index contributed by atoms with van der Waals surface area (Å²) in [6.45, 7) is 4.29. The SMILES string of the molecule is COc1cccc(CNC(=O)c2cc(C)ccc2C)c1OC. The van der Waals surface area contributed by atoms with Crippen molar-refractivity contribution in [2.24, 2.45) is 0 Å². The van der Waals surface area contributed by atoms with E-state index in [0.29, 0.717) is 23.6 Å². The fraction of sp³-hybridized carbons (Fsp3) is 0.278. The van der Waals surface area contributed by atoms with E-state index in [9.17, 15) is 4.79 Å². The Morgan fingerprint density at radius 1 is 1.09 bits per heavy atom. The molecule has 0 saturated carbocycles. The number of carbonyl (C=O) groups excluding carboxylic acids is 1. The number of methoxy groups -OCH3 is 2. The lowest BCUT2D eigenvalue weighted by atomic mass is 10.0. The van der Waals surface area contributed by atoms with Crippen molar-refractivity contribution in [3.05, 3.63) is 58.7 Å². The first-order valence-electron chi connectivity index (χ1n) is 7.12. The van der Waals surface area contributed by atoms with Crippen LogP contribution < -0.4 is 14.8 Å². The van der Waals surface area contributed by atoms with E-state index in [2.05, 4.69) is 5.32 Å². The molecule has 0 atom stereocenters. The van der Waals surface area contributed by atoms with Crippen molar-refractivity contribution in [2.75, 3.05) is 14.2 Å². The van der Waals surface area contributed by atoms with Crippen LogP contribution in [0.15, 0.2) is 36.4 Å². The Kier molecular flexibility index (Phi) is 5.04. The molecule has 0 aliphatic carbocycles. The molecule has 0 radical (unpaired) electrons. The van der Waals surface area contributed by atoms with Crippen LogP contribution in [0, 0.1) is 13.8 Å². The van der Waals surface area contributed by atoms with Gasteiger partial charge in [-0.05, 0) is 31.5 Å². The van der Waals surface area contributed by atoms with Gasteiger partial charge >= 0.3 is 0 Å². The maximum absolute atomic E-state index is 12.4. The molecule has 1 N–H and O–H groups in total. The number of rotatable bonds is 5. The Labute approximate surface area is 131 Å². The number of hydrogen-bond acceptors (Lipinski definition) is 3. The van der Waals surface area contributed by atoms with Crippen LogP contribution >= 0.6 is 0 Å². The Morgan fingerprint density at radius 3 is 2.55 bits per heavy atom. The normalized spacial score (nSPS) is 10.2. The zero-order valence-electron chi connectivity index (χ0n) is 13.4. The standard InChI is InChI=1S/C18H21NO3/c1-12-8-9-13(2)15(10-12)18(20)19-11-14-6-5-7-16(21-3)17(14)22-4/h5-10H,11H2,1-4H3,(H,19,20). The molecule has 0 aliphatic rings. The van der Waals surface area contributed by atoms with E-state index >= 15 is 0 Å². The molecule has 0 spiro atoms. The summed E-state index contributed by atoms with van der Waals surface area (Å²) in [6.07, 6.45) is 0. The summed E-state index contributed by atoms with van der Waals surface area (Å²) in [5, 5.41) is 2.93. The second-order valence-electron chi connectivity index (χ2n) is 5.15. The van der Waals surface area contributed by atoms with Gasteiger partial charge in [0.1, 0.15) is 0 Å². The maximum atomic E-state index is 12.4. The highest BCUT2D eigenvalue weighted by Crippen LogP contribution is 2.30. The zero-order valence-corrected chi connectivity index (χ0v) is 13.4. The fourth-order valence-corrected chi connectivity index (χ4v) is 2.34. The first-order chi connectivity index (χ1) is 10.6. The molecule has 22 heavy (non-hydrogen) atoms. The van der Waals surface area contributed by atoms with Crippen molar-refractivity contribution >= 4 is 5.91 Å². The van der Waals surface area contributed by atoms with Crippen molar-refractivity contribution in [3.63, 3.8) is 0 Å². The molecular weight excluding hydrogens is 278 g/mol. The minimum atomic E-state index is -0.0916. The van der Waals surface area contributed by atoms with Crippen LogP contribution in [0.3, 0.4) is 0 Å². The number of nitrogens with one attached hydrogen (secondary N) is 1. The zero-order chi connectivity index (χ0) is 16.1. The number of carbonyl (C=O) groups is 1. The molecule has 0 aromatic heterocycles. The average Bonchev–Trinajstić information content (AvgIpc) is 2.54. The maximum Gasteiger partial charge on any atom is 0.251 e. The molecule has 116 valence electrons. The number of ether oxygens (including phenoxy) is 2. The van der Waals surface area contributed by atoms with Gasteiger partial charge in [-0.25, -0.2) is 0 Å². The highest BCUT2D eigenvalue weighted by molar-refractivity contribution is 5.95. The summed E-state index contributed by atoms with van der Waals surface area (Å²) in [6, 6.07) is 11.5. The largest absolute Gasteiger partial charge is 0.493 e. The molecule has 4 heteroatoms. The van der Waals surface area contributed by atoms with Gasteiger partial charge in [0.2, 0.25) is 0 Å². The summed E-state index contributed by atoms with van der Waals surface area (Å²) < 4.78 is 10.6. The first-order valence-corrected chi connectivity index (χ1v) is 7.12. The number of para-hydroxylation sites is 1. The van der Waals surface area contributed by atoms with Gasteiger partial charge in [0.15, 0.2) is 11.5 Å². The van der Waals surface area contributed by atoms with Crippen molar-refractivity contribution in [3.8, 4) is 11.5 Å². The highest BCUT2D eigenvalue weighted by Gasteiger charge is 2.12. The average molecular weight is 299 g/mol. The van der Waals surface area contributed by atoms with Crippen LogP contribution in [0.2, 0.25) is 0 Å². The van der Waals surface area contributed by atoms with Gasteiger partial charge in [-0.2, -0.15) is 0 Å². The predicted molar refractivity (Wildman–Crippen MR) is 86.6 cm³/mol. The molecule has 2 rings (SSSR count). The summed E-state index contributed by atoms with van der Waals surface area (Å²) >= 11 is 0. The van der Waals surface area contributed by atoms with Gasteiger partial charge in [-0.3, -0.25) is 4.79 Å². The Balaban J connectivity index is 2.16.